The zero-order valence-corrected chi connectivity index (χ0v) is 19.0. The first-order valence-electron chi connectivity index (χ1n) is 10.9. The van der Waals surface area contributed by atoms with E-state index in [4.69, 9.17) is 4.99 Å². The minimum atomic E-state index is 0.572. The monoisotopic (exact) mass is 387 g/mol. The van der Waals surface area contributed by atoms with Crippen LogP contribution in [0.25, 0.3) is 0 Å². The third-order valence-electron chi connectivity index (χ3n) is 5.62. The van der Waals surface area contributed by atoms with Gasteiger partial charge in [-0.3, -0.25) is 4.99 Å². The average Bonchev–Trinajstić information content (AvgIpc) is 2.87. The Kier molecular flexibility index (Phi) is 8.64. The highest BCUT2D eigenvalue weighted by Crippen LogP contribution is 2.28. The van der Waals surface area contributed by atoms with Crippen LogP contribution in [-0.4, -0.2) is 6.21 Å². The van der Waals surface area contributed by atoms with Gasteiger partial charge in [-0.15, -0.1) is 0 Å². The molecule has 0 spiro atoms. The van der Waals surface area contributed by atoms with Gasteiger partial charge in [-0.25, -0.2) is 0 Å². The molecule has 1 aliphatic rings. The molecule has 1 nitrogen and oxygen atoms in total. The second-order valence-corrected chi connectivity index (χ2v) is 8.42. The van der Waals surface area contributed by atoms with Crippen LogP contribution in [0.4, 0.5) is 0 Å². The zero-order chi connectivity index (χ0) is 21.4. The van der Waals surface area contributed by atoms with Gasteiger partial charge < -0.3 is 0 Å². The average molecular weight is 388 g/mol. The summed E-state index contributed by atoms with van der Waals surface area (Å²) in [5.74, 6) is 1.19. The normalized spacial score (nSPS) is 17.5. The number of hydrogen-bond acceptors (Lipinski definition) is 1. The van der Waals surface area contributed by atoms with Crippen LogP contribution in [0.5, 0.6) is 0 Å². The van der Waals surface area contributed by atoms with E-state index in [0.29, 0.717) is 11.8 Å². The highest BCUT2D eigenvalue weighted by Gasteiger charge is 2.14. The van der Waals surface area contributed by atoms with Gasteiger partial charge in [0.2, 0.25) is 0 Å². The SMILES string of the molecule is C=C(C=NC1=CCC(Cc2cc(CC)cc(C(C)C)c2)CC=C1C)C(=C)/C=C/C. The lowest BCUT2D eigenvalue weighted by Crippen LogP contribution is -2.04. The fraction of sp³-hybridized carbons (Fsp3) is 0.393. The molecule has 154 valence electrons. The summed E-state index contributed by atoms with van der Waals surface area (Å²) in [5.41, 5.74) is 8.45. The Morgan fingerprint density at radius 1 is 1.10 bits per heavy atom. The van der Waals surface area contributed by atoms with Gasteiger partial charge in [-0.2, -0.15) is 0 Å². The Bertz CT molecular complexity index is 858. The van der Waals surface area contributed by atoms with Crippen LogP contribution < -0.4 is 0 Å². The fourth-order valence-corrected chi connectivity index (χ4v) is 3.62. The molecule has 1 atom stereocenters. The van der Waals surface area contributed by atoms with Crippen LogP contribution in [0.1, 0.15) is 70.1 Å². The number of aliphatic imine (C=N–C) groups is 1. The number of rotatable bonds is 8. The molecule has 0 amide bonds. The van der Waals surface area contributed by atoms with E-state index < -0.39 is 0 Å². The Morgan fingerprint density at radius 3 is 2.45 bits per heavy atom. The molecular formula is C28H37N. The van der Waals surface area contributed by atoms with Crippen LogP contribution >= 0.6 is 0 Å². The van der Waals surface area contributed by atoms with Gasteiger partial charge in [0, 0.05) is 6.21 Å². The van der Waals surface area contributed by atoms with Crippen molar-refractivity contribution in [1.29, 1.82) is 0 Å². The number of nitrogens with zero attached hydrogens (tertiary/aromatic N) is 1. The van der Waals surface area contributed by atoms with E-state index in [1.807, 2.05) is 25.3 Å². The van der Waals surface area contributed by atoms with Gasteiger partial charge in [0.25, 0.3) is 0 Å². The van der Waals surface area contributed by atoms with Crippen LogP contribution in [0.3, 0.4) is 0 Å². The first kappa shape index (κ1) is 22.9. The van der Waals surface area contributed by atoms with Crippen LogP contribution in [0, 0.1) is 5.92 Å². The summed E-state index contributed by atoms with van der Waals surface area (Å²) in [7, 11) is 0. The first-order valence-corrected chi connectivity index (χ1v) is 10.9. The smallest absolute Gasteiger partial charge is 0.0616 e. The number of benzene rings is 1. The summed E-state index contributed by atoms with van der Waals surface area (Å²) in [5, 5.41) is 0. The molecule has 0 bridgehead atoms. The molecule has 1 aromatic rings. The highest BCUT2D eigenvalue weighted by atomic mass is 14.7. The lowest BCUT2D eigenvalue weighted by Gasteiger charge is -2.16. The van der Waals surface area contributed by atoms with Gasteiger partial charge >= 0.3 is 0 Å². The van der Waals surface area contributed by atoms with Crippen molar-refractivity contribution in [2.24, 2.45) is 10.9 Å². The van der Waals surface area contributed by atoms with E-state index in [1.165, 1.54) is 22.3 Å². The Morgan fingerprint density at radius 2 is 1.79 bits per heavy atom. The molecule has 0 saturated carbocycles. The lowest BCUT2D eigenvalue weighted by molar-refractivity contribution is 0.540. The van der Waals surface area contributed by atoms with E-state index in [1.54, 1.807) is 0 Å². The largest absolute Gasteiger partial charge is 0.256 e. The fourth-order valence-electron chi connectivity index (χ4n) is 3.62. The summed E-state index contributed by atoms with van der Waals surface area (Å²) in [6.07, 6.45) is 14.8. The molecule has 0 heterocycles. The molecule has 2 rings (SSSR count). The molecule has 1 aliphatic carbocycles. The summed E-state index contributed by atoms with van der Waals surface area (Å²) >= 11 is 0. The van der Waals surface area contributed by atoms with Crippen molar-refractivity contribution < 1.29 is 0 Å². The van der Waals surface area contributed by atoms with Crippen molar-refractivity contribution in [2.45, 2.75) is 66.2 Å². The standard InChI is InChI=1S/C28H37N/c1-8-10-21(5)23(7)19-29-28-14-13-25(12-11-22(28)6)16-26-15-24(9-2)17-27(18-26)20(3)4/h8,10-11,14-15,17-20,25H,5,7,9,12-13,16H2,1-4,6H3/b10-8+,29-19?. The van der Waals surface area contributed by atoms with Gasteiger partial charge in [0.15, 0.2) is 0 Å². The third-order valence-corrected chi connectivity index (χ3v) is 5.62. The van der Waals surface area contributed by atoms with Crippen molar-refractivity contribution >= 4 is 6.21 Å². The predicted molar refractivity (Wildman–Crippen MR) is 130 cm³/mol. The molecule has 1 unspecified atom stereocenters. The van der Waals surface area contributed by atoms with Crippen LogP contribution in [-0.2, 0) is 12.8 Å². The summed E-state index contributed by atoms with van der Waals surface area (Å²) in [4.78, 5) is 4.71. The maximum atomic E-state index is 4.71. The maximum Gasteiger partial charge on any atom is 0.0616 e. The summed E-state index contributed by atoms with van der Waals surface area (Å²) in [6, 6.07) is 7.17. The van der Waals surface area contributed by atoms with Gasteiger partial charge in [0.05, 0.1) is 5.70 Å². The predicted octanol–water partition coefficient (Wildman–Crippen LogP) is 7.91. The molecule has 0 fully saturated rings. The summed E-state index contributed by atoms with van der Waals surface area (Å²) in [6.45, 7) is 19.0. The second-order valence-electron chi connectivity index (χ2n) is 8.42. The number of aryl methyl sites for hydroxylation is 1. The minimum absolute atomic E-state index is 0.572. The second kappa shape index (κ2) is 11.0. The van der Waals surface area contributed by atoms with Crippen molar-refractivity contribution in [2.75, 3.05) is 0 Å². The molecule has 0 aromatic heterocycles. The van der Waals surface area contributed by atoms with Crippen molar-refractivity contribution in [1.82, 2.24) is 0 Å². The molecule has 0 saturated heterocycles. The van der Waals surface area contributed by atoms with E-state index in [-0.39, 0.29) is 0 Å². The maximum absolute atomic E-state index is 4.71. The number of hydrogen-bond donors (Lipinski definition) is 0. The Labute approximate surface area is 178 Å². The molecule has 29 heavy (non-hydrogen) atoms. The van der Waals surface area contributed by atoms with Gasteiger partial charge in [0.1, 0.15) is 0 Å². The Hall–Kier alpha value is -2.41. The number of allylic oxidation sites excluding steroid dienone is 7. The van der Waals surface area contributed by atoms with E-state index in [0.717, 1.165) is 42.5 Å². The molecule has 1 aromatic carbocycles. The van der Waals surface area contributed by atoms with E-state index >= 15 is 0 Å². The van der Waals surface area contributed by atoms with Crippen LogP contribution in [0.15, 0.2) is 83.1 Å². The van der Waals surface area contributed by atoms with E-state index in [2.05, 4.69) is 71.2 Å². The zero-order valence-electron chi connectivity index (χ0n) is 19.0. The molecule has 0 aliphatic heterocycles. The quantitative estimate of drug-likeness (QED) is 0.317. The Balaban J connectivity index is 2.13. The van der Waals surface area contributed by atoms with Gasteiger partial charge in [-0.05, 0) is 84.8 Å². The van der Waals surface area contributed by atoms with Gasteiger partial charge in [-0.1, -0.05) is 76.4 Å². The molecule has 0 N–H and O–H groups in total. The van der Waals surface area contributed by atoms with Crippen molar-refractivity contribution in [3.8, 4) is 0 Å². The highest BCUT2D eigenvalue weighted by molar-refractivity contribution is 5.85. The summed E-state index contributed by atoms with van der Waals surface area (Å²) < 4.78 is 0. The lowest BCUT2D eigenvalue weighted by atomic mass is 9.89. The molecule has 0 radical (unpaired) electrons. The van der Waals surface area contributed by atoms with E-state index in [9.17, 15) is 0 Å². The van der Waals surface area contributed by atoms with Crippen molar-refractivity contribution in [3.63, 3.8) is 0 Å². The molecule has 1 heteroatoms. The third kappa shape index (κ3) is 6.85. The first-order chi connectivity index (χ1) is 13.8. The molecular weight excluding hydrogens is 350 g/mol. The van der Waals surface area contributed by atoms with Crippen molar-refractivity contribution in [3.05, 3.63) is 94.8 Å². The van der Waals surface area contributed by atoms with Crippen LogP contribution in [0.2, 0.25) is 0 Å². The topological polar surface area (TPSA) is 12.4 Å². The minimum Gasteiger partial charge on any atom is -0.256 e.